The second-order valence-electron chi connectivity index (χ2n) is 4.66. The number of halogens is 4. The van der Waals surface area contributed by atoms with Crippen LogP contribution in [-0.4, -0.2) is 25.5 Å². The predicted molar refractivity (Wildman–Crippen MR) is 71.8 cm³/mol. The molecule has 112 valence electrons. The van der Waals surface area contributed by atoms with Crippen molar-refractivity contribution in [2.75, 3.05) is 19.6 Å². The van der Waals surface area contributed by atoms with Crippen LogP contribution < -0.4 is 10.6 Å². The molecule has 0 saturated carbocycles. The first-order valence-electron chi connectivity index (χ1n) is 6.09. The molecule has 2 N–H and O–H groups in total. The molecule has 1 aromatic carbocycles. The Bertz CT molecular complexity index is 461. The van der Waals surface area contributed by atoms with E-state index in [-0.39, 0.29) is 30.3 Å². The first-order valence-corrected chi connectivity index (χ1v) is 6.09. The molecule has 1 aliphatic rings. The van der Waals surface area contributed by atoms with Gasteiger partial charge in [-0.1, -0.05) is 18.2 Å². The van der Waals surface area contributed by atoms with E-state index in [0.29, 0.717) is 12.5 Å². The summed E-state index contributed by atoms with van der Waals surface area (Å²) in [5.41, 5.74) is -0.727. The molecule has 1 saturated heterocycles. The highest BCUT2D eigenvalue weighted by atomic mass is 35.5. The molecular weight excluding hydrogens is 293 g/mol. The standard InChI is InChI=1S/C13H15F3N2O.ClH/c14-13(15,16)11-4-2-1-3-10(11)5-12(19)18-8-9-6-17-7-9;/h1-4,9,17H,5-8H2,(H,18,19);1H. The summed E-state index contributed by atoms with van der Waals surface area (Å²) in [6.45, 7) is 2.21. The summed E-state index contributed by atoms with van der Waals surface area (Å²) in [5, 5.41) is 5.73. The van der Waals surface area contributed by atoms with Gasteiger partial charge < -0.3 is 10.6 Å². The largest absolute Gasteiger partial charge is 0.416 e. The maximum absolute atomic E-state index is 12.7. The molecule has 1 aromatic rings. The van der Waals surface area contributed by atoms with Gasteiger partial charge in [0.15, 0.2) is 0 Å². The van der Waals surface area contributed by atoms with E-state index in [9.17, 15) is 18.0 Å². The summed E-state index contributed by atoms with van der Waals surface area (Å²) < 4.78 is 38.2. The minimum atomic E-state index is -4.42. The van der Waals surface area contributed by atoms with Crippen molar-refractivity contribution in [1.82, 2.24) is 10.6 Å². The summed E-state index contributed by atoms with van der Waals surface area (Å²) in [4.78, 5) is 11.6. The van der Waals surface area contributed by atoms with Gasteiger partial charge in [0, 0.05) is 25.6 Å². The molecule has 20 heavy (non-hydrogen) atoms. The number of benzene rings is 1. The van der Waals surface area contributed by atoms with Gasteiger partial charge in [0.1, 0.15) is 0 Å². The summed E-state index contributed by atoms with van der Waals surface area (Å²) >= 11 is 0. The van der Waals surface area contributed by atoms with Gasteiger partial charge in [-0.05, 0) is 11.6 Å². The highest BCUT2D eigenvalue weighted by molar-refractivity contribution is 5.85. The van der Waals surface area contributed by atoms with Gasteiger partial charge in [-0.3, -0.25) is 4.79 Å². The summed E-state index contributed by atoms with van der Waals surface area (Å²) in [6.07, 6.45) is -4.66. The Morgan fingerprint density at radius 1 is 1.30 bits per heavy atom. The zero-order chi connectivity index (χ0) is 13.9. The highest BCUT2D eigenvalue weighted by Crippen LogP contribution is 2.31. The van der Waals surface area contributed by atoms with E-state index in [4.69, 9.17) is 0 Å². The second kappa shape index (κ2) is 6.95. The molecular formula is C13H16ClF3N2O. The van der Waals surface area contributed by atoms with Crippen molar-refractivity contribution in [3.63, 3.8) is 0 Å². The van der Waals surface area contributed by atoms with Crippen LogP contribution in [-0.2, 0) is 17.4 Å². The van der Waals surface area contributed by atoms with Crippen molar-refractivity contribution in [2.24, 2.45) is 5.92 Å². The fourth-order valence-electron chi connectivity index (χ4n) is 1.94. The maximum atomic E-state index is 12.7. The lowest BCUT2D eigenvalue weighted by Gasteiger charge is -2.27. The first kappa shape index (κ1) is 16.8. The normalized spacial score (nSPS) is 15.2. The third kappa shape index (κ3) is 4.38. The minimum absolute atomic E-state index is 0. The molecule has 0 atom stereocenters. The fourth-order valence-corrected chi connectivity index (χ4v) is 1.94. The Morgan fingerprint density at radius 3 is 2.50 bits per heavy atom. The summed E-state index contributed by atoms with van der Waals surface area (Å²) in [5.74, 6) is 0.0189. The summed E-state index contributed by atoms with van der Waals surface area (Å²) in [7, 11) is 0. The number of rotatable bonds is 4. The SMILES string of the molecule is Cl.O=C(Cc1ccccc1C(F)(F)F)NCC1CNC1. The second-order valence-corrected chi connectivity index (χ2v) is 4.66. The third-order valence-corrected chi connectivity index (χ3v) is 3.13. The fraction of sp³-hybridized carbons (Fsp3) is 0.462. The number of amides is 1. The van der Waals surface area contributed by atoms with Crippen molar-refractivity contribution in [3.05, 3.63) is 35.4 Å². The smallest absolute Gasteiger partial charge is 0.355 e. The van der Waals surface area contributed by atoms with Crippen LogP contribution in [0.2, 0.25) is 0 Å². The van der Waals surface area contributed by atoms with E-state index in [1.54, 1.807) is 0 Å². The molecule has 2 rings (SSSR count). The lowest BCUT2D eigenvalue weighted by atomic mass is 10.0. The molecule has 1 heterocycles. The van der Waals surface area contributed by atoms with Crippen LogP contribution >= 0.6 is 12.4 Å². The molecule has 1 fully saturated rings. The van der Waals surface area contributed by atoms with Gasteiger partial charge in [0.05, 0.1) is 12.0 Å². The Morgan fingerprint density at radius 2 is 1.95 bits per heavy atom. The number of hydrogen-bond acceptors (Lipinski definition) is 2. The molecule has 0 bridgehead atoms. The van der Waals surface area contributed by atoms with E-state index in [2.05, 4.69) is 10.6 Å². The van der Waals surface area contributed by atoms with Crippen molar-refractivity contribution < 1.29 is 18.0 Å². The highest BCUT2D eigenvalue weighted by Gasteiger charge is 2.33. The minimum Gasteiger partial charge on any atom is -0.355 e. The number of carbonyl (C=O) groups is 1. The quantitative estimate of drug-likeness (QED) is 0.893. The topological polar surface area (TPSA) is 41.1 Å². The lowest BCUT2D eigenvalue weighted by Crippen LogP contribution is -2.48. The molecule has 0 aromatic heterocycles. The zero-order valence-corrected chi connectivity index (χ0v) is 11.5. The Balaban J connectivity index is 0.00000200. The number of hydrogen-bond donors (Lipinski definition) is 2. The average Bonchev–Trinajstić information content (AvgIpc) is 2.26. The maximum Gasteiger partial charge on any atom is 0.416 e. The van der Waals surface area contributed by atoms with Gasteiger partial charge in [-0.2, -0.15) is 13.2 Å². The van der Waals surface area contributed by atoms with Crippen molar-refractivity contribution in [3.8, 4) is 0 Å². The van der Waals surface area contributed by atoms with E-state index in [0.717, 1.165) is 19.2 Å². The lowest BCUT2D eigenvalue weighted by molar-refractivity contribution is -0.138. The van der Waals surface area contributed by atoms with Crippen LogP contribution in [0, 0.1) is 5.92 Å². The molecule has 0 aliphatic carbocycles. The Labute approximate surface area is 121 Å². The van der Waals surface area contributed by atoms with Gasteiger partial charge >= 0.3 is 6.18 Å². The number of alkyl halides is 3. The van der Waals surface area contributed by atoms with E-state index in [1.807, 2.05) is 0 Å². The predicted octanol–water partition coefficient (Wildman–Crippen LogP) is 2.01. The number of carbonyl (C=O) groups excluding carboxylic acids is 1. The van der Waals surface area contributed by atoms with E-state index in [1.165, 1.54) is 18.2 Å². The monoisotopic (exact) mass is 308 g/mol. The van der Waals surface area contributed by atoms with Crippen molar-refractivity contribution >= 4 is 18.3 Å². The average molecular weight is 309 g/mol. The molecule has 0 unspecified atom stereocenters. The molecule has 0 radical (unpaired) electrons. The first-order chi connectivity index (χ1) is 8.97. The Hall–Kier alpha value is -1.27. The van der Waals surface area contributed by atoms with Crippen LogP contribution in [0.4, 0.5) is 13.2 Å². The van der Waals surface area contributed by atoms with E-state index >= 15 is 0 Å². The van der Waals surface area contributed by atoms with Crippen molar-refractivity contribution in [2.45, 2.75) is 12.6 Å². The molecule has 1 aliphatic heterocycles. The van der Waals surface area contributed by atoms with Gasteiger partial charge in [0.2, 0.25) is 5.91 Å². The molecule has 1 amide bonds. The molecule has 3 nitrogen and oxygen atoms in total. The summed E-state index contributed by atoms with van der Waals surface area (Å²) in [6, 6.07) is 5.17. The van der Waals surface area contributed by atoms with Crippen LogP contribution in [0.3, 0.4) is 0 Å². The van der Waals surface area contributed by atoms with Gasteiger partial charge in [0.25, 0.3) is 0 Å². The Kier molecular flexibility index (Phi) is 5.83. The molecule has 0 spiro atoms. The van der Waals surface area contributed by atoms with Gasteiger partial charge in [-0.25, -0.2) is 0 Å². The third-order valence-electron chi connectivity index (χ3n) is 3.13. The van der Waals surface area contributed by atoms with Crippen LogP contribution in [0.1, 0.15) is 11.1 Å². The van der Waals surface area contributed by atoms with Crippen LogP contribution in [0.15, 0.2) is 24.3 Å². The zero-order valence-electron chi connectivity index (χ0n) is 10.7. The number of nitrogens with one attached hydrogen (secondary N) is 2. The molecule has 7 heteroatoms. The van der Waals surface area contributed by atoms with E-state index < -0.39 is 11.7 Å². The van der Waals surface area contributed by atoms with Crippen molar-refractivity contribution in [1.29, 1.82) is 0 Å². The van der Waals surface area contributed by atoms with Crippen LogP contribution in [0.5, 0.6) is 0 Å². The van der Waals surface area contributed by atoms with Crippen LogP contribution in [0.25, 0.3) is 0 Å². The van der Waals surface area contributed by atoms with Gasteiger partial charge in [-0.15, -0.1) is 12.4 Å².